The lowest BCUT2D eigenvalue weighted by Crippen LogP contribution is -2.51. The van der Waals surface area contributed by atoms with Crippen LogP contribution in [0.3, 0.4) is 0 Å². The third-order valence-corrected chi connectivity index (χ3v) is 6.62. The first kappa shape index (κ1) is 21.0. The lowest BCUT2D eigenvalue weighted by Gasteiger charge is -2.36. The summed E-state index contributed by atoms with van der Waals surface area (Å²) in [6.07, 6.45) is 2.13. The molecule has 2 aromatic rings. The van der Waals surface area contributed by atoms with Gasteiger partial charge in [-0.2, -0.15) is 0 Å². The maximum absolute atomic E-state index is 13.3. The number of halogens is 2. The first-order valence-electron chi connectivity index (χ1n) is 9.02. The number of nitrogens with zero attached hydrogens (tertiary/aromatic N) is 2. The van der Waals surface area contributed by atoms with Gasteiger partial charge in [0, 0.05) is 18.1 Å². The predicted octanol–water partition coefficient (Wildman–Crippen LogP) is 4.12. The van der Waals surface area contributed by atoms with Crippen molar-refractivity contribution in [1.82, 2.24) is 4.90 Å². The Morgan fingerprint density at radius 3 is 2.50 bits per heavy atom. The highest BCUT2D eigenvalue weighted by atomic mass is 35.5. The van der Waals surface area contributed by atoms with E-state index in [1.807, 2.05) is 18.2 Å². The number of anilines is 1. The molecule has 1 aliphatic rings. The number of amides is 1. The molecule has 0 saturated carbocycles. The van der Waals surface area contributed by atoms with E-state index in [4.69, 9.17) is 23.2 Å². The van der Waals surface area contributed by atoms with Gasteiger partial charge in [-0.1, -0.05) is 54.4 Å². The molecule has 0 bridgehead atoms. The molecule has 5 nitrogen and oxygen atoms in total. The summed E-state index contributed by atoms with van der Waals surface area (Å²) in [6, 6.07) is 11.7. The number of rotatable bonds is 5. The van der Waals surface area contributed by atoms with Crippen LogP contribution < -0.4 is 4.31 Å². The quantitative estimate of drug-likeness (QED) is 0.702. The zero-order valence-electron chi connectivity index (χ0n) is 15.7. The summed E-state index contributed by atoms with van der Waals surface area (Å²) in [6.45, 7) is 2.80. The van der Waals surface area contributed by atoms with Crippen molar-refractivity contribution in [1.29, 1.82) is 0 Å². The predicted molar refractivity (Wildman–Crippen MR) is 113 cm³/mol. The van der Waals surface area contributed by atoms with Crippen molar-refractivity contribution in [3.05, 3.63) is 63.6 Å². The molecule has 8 heteroatoms. The largest absolute Gasteiger partial charge is 0.336 e. The number of sulfonamides is 1. The average Bonchev–Trinajstić information content (AvgIpc) is 2.66. The van der Waals surface area contributed by atoms with Crippen LogP contribution in [0.15, 0.2) is 42.5 Å². The van der Waals surface area contributed by atoms with Crippen LogP contribution in [0, 0.1) is 0 Å². The van der Waals surface area contributed by atoms with Crippen molar-refractivity contribution in [3.8, 4) is 0 Å². The molecule has 0 spiro atoms. The molecule has 28 heavy (non-hydrogen) atoms. The number of carbonyl (C=O) groups excluding carboxylic acids is 1. The molecule has 3 rings (SSSR count). The van der Waals surface area contributed by atoms with Crippen molar-refractivity contribution in [2.24, 2.45) is 0 Å². The molecule has 2 aromatic carbocycles. The molecule has 0 radical (unpaired) electrons. The summed E-state index contributed by atoms with van der Waals surface area (Å²) < 4.78 is 26.4. The highest BCUT2D eigenvalue weighted by Gasteiger charge is 2.36. The Bertz CT molecular complexity index is 995. The van der Waals surface area contributed by atoms with E-state index < -0.39 is 16.1 Å². The molecule has 150 valence electrons. The third-order valence-electron chi connectivity index (χ3n) is 4.90. The van der Waals surface area contributed by atoms with Crippen molar-refractivity contribution in [2.45, 2.75) is 32.4 Å². The van der Waals surface area contributed by atoms with Gasteiger partial charge in [-0.3, -0.25) is 9.10 Å². The second-order valence-electron chi connectivity index (χ2n) is 6.86. The van der Waals surface area contributed by atoms with Gasteiger partial charge in [0.25, 0.3) is 0 Å². The van der Waals surface area contributed by atoms with E-state index >= 15 is 0 Å². The zero-order valence-corrected chi connectivity index (χ0v) is 18.1. The number of hydrogen-bond donors (Lipinski definition) is 0. The Hall–Kier alpha value is -1.76. The Morgan fingerprint density at radius 1 is 1.18 bits per heavy atom. The van der Waals surface area contributed by atoms with E-state index in [2.05, 4.69) is 6.07 Å². The van der Waals surface area contributed by atoms with E-state index in [1.54, 1.807) is 17.9 Å². The van der Waals surface area contributed by atoms with E-state index in [0.717, 1.165) is 22.5 Å². The standard InChI is InChI=1S/C20H22Cl2N2O3S/c1-3-18(20(25)23-11-10-14-6-4-5-7-15(14)13-23)24(28(2,26)27)19-12-16(21)8-9-17(19)22/h4-9,12,18H,3,10-11,13H2,1-2H3. The molecule has 0 aliphatic carbocycles. The summed E-state index contributed by atoms with van der Waals surface area (Å²) in [5.41, 5.74) is 2.52. The van der Waals surface area contributed by atoms with E-state index in [1.165, 1.54) is 17.7 Å². The van der Waals surface area contributed by atoms with Gasteiger partial charge < -0.3 is 4.90 Å². The summed E-state index contributed by atoms with van der Waals surface area (Å²) in [4.78, 5) is 15.1. The Labute approximate surface area is 175 Å². The Morgan fingerprint density at radius 2 is 1.86 bits per heavy atom. The van der Waals surface area contributed by atoms with Crippen LogP contribution in [0.25, 0.3) is 0 Å². The number of carbonyl (C=O) groups is 1. The molecular weight excluding hydrogens is 419 g/mol. The highest BCUT2D eigenvalue weighted by molar-refractivity contribution is 7.92. The summed E-state index contributed by atoms with van der Waals surface area (Å²) >= 11 is 12.3. The summed E-state index contributed by atoms with van der Waals surface area (Å²) in [7, 11) is -3.77. The minimum Gasteiger partial charge on any atom is -0.336 e. The van der Waals surface area contributed by atoms with Crippen molar-refractivity contribution < 1.29 is 13.2 Å². The fraction of sp³-hybridized carbons (Fsp3) is 0.350. The number of benzene rings is 2. The molecule has 1 atom stereocenters. The Kier molecular flexibility index (Phi) is 6.22. The van der Waals surface area contributed by atoms with Crippen LogP contribution in [0.1, 0.15) is 24.5 Å². The SMILES string of the molecule is CCC(C(=O)N1CCc2ccccc2C1)N(c1cc(Cl)ccc1Cl)S(C)(=O)=O. The fourth-order valence-electron chi connectivity index (χ4n) is 3.57. The Balaban J connectivity index is 1.97. The van der Waals surface area contributed by atoms with Crippen LogP contribution in [0.4, 0.5) is 5.69 Å². The molecule has 0 fully saturated rings. The highest BCUT2D eigenvalue weighted by Crippen LogP contribution is 2.33. The first-order chi connectivity index (χ1) is 13.2. The number of fused-ring (bicyclic) bond motifs is 1. The van der Waals surface area contributed by atoms with Crippen LogP contribution in [-0.4, -0.2) is 38.1 Å². The van der Waals surface area contributed by atoms with Gasteiger partial charge >= 0.3 is 0 Å². The monoisotopic (exact) mass is 440 g/mol. The van der Waals surface area contributed by atoms with Crippen molar-refractivity contribution in [3.63, 3.8) is 0 Å². The van der Waals surface area contributed by atoms with Gasteiger partial charge in [-0.25, -0.2) is 8.42 Å². The third kappa shape index (κ3) is 4.29. The first-order valence-corrected chi connectivity index (χ1v) is 11.6. The molecule has 0 aromatic heterocycles. The van der Waals surface area contributed by atoms with E-state index in [9.17, 15) is 13.2 Å². The molecular formula is C20H22Cl2N2O3S. The zero-order chi connectivity index (χ0) is 20.5. The average molecular weight is 441 g/mol. The summed E-state index contributed by atoms with van der Waals surface area (Å²) in [5.74, 6) is -0.238. The van der Waals surface area contributed by atoms with Gasteiger partial charge in [0.05, 0.1) is 17.0 Å². The van der Waals surface area contributed by atoms with Crippen LogP contribution in [-0.2, 0) is 27.8 Å². The molecule has 0 N–H and O–H groups in total. The normalized spacial score (nSPS) is 15.1. The van der Waals surface area contributed by atoms with Gasteiger partial charge in [0.1, 0.15) is 6.04 Å². The van der Waals surface area contributed by atoms with Crippen LogP contribution >= 0.6 is 23.2 Å². The lowest BCUT2D eigenvalue weighted by atomic mass is 9.99. The lowest BCUT2D eigenvalue weighted by molar-refractivity contribution is -0.133. The molecule has 0 saturated heterocycles. The van der Waals surface area contributed by atoms with E-state index in [0.29, 0.717) is 24.5 Å². The van der Waals surface area contributed by atoms with Crippen LogP contribution in [0.2, 0.25) is 10.0 Å². The van der Waals surface area contributed by atoms with Gasteiger partial charge in [0.15, 0.2) is 0 Å². The molecule has 1 aliphatic heterocycles. The molecule has 1 unspecified atom stereocenters. The molecule has 1 amide bonds. The minimum absolute atomic E-state index is 0.217. The maximum Gasteiger partial charge on any atom is 0.246 e. The van der Waals surface area contributed by atoms with Crippen LogP contribution in [0.5, 0.6) is 0 Å². The minimum atomic E-state index is -3.77. The number of hydrogen-bond acceptors (Lipinski definition) is 3. The maximum atomic E-state index is 13.3. The summed E-state index contributed by atoms with van der Waals surface area (Å²) in [5, 5.41) is 0.576. The van der Waals surface area contributed by atoms with E-state index in [-0.39, 0.29) is 16.6 Å². The molecule has 1 heterocycles. The fourth-order valence-corrected chi connectivity index (χ4v) is 5.20. The van der Waals surface area contributed by atoms with Crippen molar-refractivity contribution in [2.75, 3.05) is 17.1 Å². The topological polar surface area (TPSA) is 57.7 Å². The smallest absolute Gasteiger partial charge is 0.246 e. The van der Waals surface area contributed by atoms with Gasteiger partial charge in [0.2, 0.25) is 15.9 Å². The van der Waals surface area contributed by atoms with Gasteiger partial charge in [-0.15, -0.1) is 0 Å². The van der Waals surface area contributed by atoms with Gasteiger partial charge in [-0.05, 0) is 42.2 Å². The second-order valence-corrected chi connectivity index (χ2v) is 9.56. The second kappa shape index (κ2) is 8.31. The van der Waals surface area contributed by atoms with Crippen molar-refractivity contribution >= 4 is 44.8 Å².